The van der Waals surface area contributed by atoms with E-state index >= 15 is 0 Å². The van der Waals surface area contributed by atoms with E-state index in [0.29, 0.717) is 11.5 Å². The van der Waals surface area contributed by atoms with E-state index in [1.165, 1.54) is 0 Å². The first-order valence-electron chi connectivity index (χ1n) is 6.26. The van der Waals surface area contributed by atoms with Crippen LogP contribution in [0.1, 0.15) is 13.8 Å². The Kier molecular flexibility index (Phi) is 4.29. The van der Waals surface area contributed by atoms with Crippen LogP contribution in [-0.4, -0.2) is 30.8 Å². The van der Waals surface area contributed by atoms with Crippen LogP contribution >= 0.6 is 0 Å². The van der Waals surface area contributed by atoms with Gasteiger partial charge in [-0.3, -0.25) is 10.2 Å². The lowest BCUT2D eigenvalue weighted by molar-refractivity contribution is -0.134. The third-order valence-electron chi connectivity index (χ3n) is 2.66. The first-order valence-corrected chi connectivity index (χ1v) is 6.26. The quantitative estimate of drug-likeness (QED) is 0.789. The number of rotatable bonds is 2. The molecule has 108 valence electrons. The van der Waals surface area contributed by atoms with E-state index in [4.69, 9.17) is 9.47 Å². The summed E-state index contributed by atoms with van der Waals surface area (Å²) in [5.74, 6) is 0.560. The van der Waals surface area contributed by atoms with Gasteiger partial charge in [0.2, 0.25) is 6.10 Å². The Morgan fingerprint density at radius 2 is 1.85 bits per heavy atom. The molecule has 0 aromatic heterocycles. The number of ether oxygens (including phenoxy) is 3. The van der Waals surface area contributed by atoms with E-state index in [0.717, 1.165) is 0 Å². The van der Waals surface area contributed by atoms with Crippen molar-refractivity contribution >= 4 is 12.0 Å². The zero-order valence-electron chi connectivity index (χ0n) is 11.2. The van der Waals surface area contributed by atoms with Crippen LogP contribution in [0.15, 0.2) is 24.3 Å². The van der Waals surface area contributed by atoms with E-state index in [1.54, 1.807) is 32.0 Å². The van der Waals surface area contributed by atoms with E-state index in [2.05, 4.69) is 15.6 Å². The zero-order valence-corrected chi connectivity index (χ0v) is 11.2. The van der Waals surface area contributed by atoms with Gasteiger partial charge < -0.3 is 14.2 Å². The first-order chi connectivity index (χ1) is 9.61. The summed E-state index contributed by atoms with van der Waals surface area (Å²) in [6.45, 7) is 3.59. The lowest BCUT2D eigenvalue weighted by Crippen LogP contribution is -2.53. The van der Waals surface area contributed by atoms with Gasteiger partial charge in [0.1, 0.15) is 6.10 Å². The van der Waals surface area contributed by atoms with Crippen LogP contribution in [0.4, 0.5) is 4.79 Å². The molecular weight excluding hydrogens is 264 g/mol. The number of para-hydroxylation sites is 2. The van der Waals surface area contributed by atoms with Gasteiger partial charge in [-0.15, -0.1) is 0 Å². The van der Waals surface area contributed by atoms with Crippen LogP contribution in [0.3, 0.4) is 0 Å². The molecule has 2 atom stereocenters. The summed E-state index contributed by atoms with van der Waals surface area (Å²) in [6, 6.07) is 7.07. The van der Waals surface area contributed by atoms with E-state index in [9.17, 15) is 9.59 Å². The summed E-state index contributed by atoms with van der Waals surface area (Å²) in [5.41, 5.74) is 4.36. The maximum absolute atomic E-state index is 11.9. The molecule has 1 aliphatic rings. The number of hydrazine groups is 1. The van der Waals surface area contributed by atoms with Gasteiger partial charge in [0.25, 0.3) is 5.91 Å². The number of fused-ring (bicyclic) bond motifs is 1. The smallest absolute Gasteiger partial charge is 0.426 e. The predicted octanol–water partition coefficient (Wildman–Crippen LogP) is 0.992. The summed E-state index contributed by atoms with van der Waals surface area (Å²) in [4.78, 5) is 23.0. The maximum Gasteiger partial charge on any atom is 0.426 e. The number of hydrogen-bond acceptors (Lipinski definition) is 5. The third-order valence-corrected chi connectivity index (χ3v) is 2.66. The number of benzene rings is 1. The van der Waals surface area contributed by atoms with Gasteiger partial charge in [0.15, 0.2) is 11.5 Å². The third kappa shape index (κ3) is 3.11. The van der Waals surface area contributed by atoms with Crippen LogP contribution in [0.2, 0.25) is 0 Å². The molecule has 0 fully saturated rings. The van der Waals surface area contributed by atoms with E-state index in [-0.39, 0.29) is 6.61 Å². The van der Waals surface area contributed by atoms with Gasteiger partial charge in [-0.2, -0.15) is 0 Å². The predicted molar refractivity (Wildman–Crippen MR) is 69.2 cm³/mol. The molecule has 1 aliphatic heterocycles. The summed E-state index contributed by atoms with van der Waals surface area (Å²) in [5, 5.41) is 0. The second-order valence-corrected chi connectivity index (χ2v) is 4.14. The van der Waals surface area contributed by atoms with Gasteiger partial charge >= 0.3 is 6.09 Å². The average molecular weight is 280 g/mol. The van der Waals surface area contributed by atoms with Crippen LogP contribution < -0.4 is 20.3 Å². The topological polar surface area (TPSA) is 85.9 Å². The summed E-state index contributed by atoms with van der Waals surface area (Å²) < 4.78 is 15.8. The second kappa shape index (κ2) is 6.14. The maximum atomic E-state index is 11.9. The van der Waals surface area contributed by atoms with Crippen molar-refractivity contribution in [3.8, 4) is 11.5 Å². The molecule has 7 nitrogen and oxygen atoms in total. The number of nitrogens with one attached hydrogen (secondary N) is 2. The van der Waals surface area contributed by atoms with Crippen molar-refractivity contribution < 1.29 is 23.8 Å². The molecule has 0 radical (unpaired) electrons. The number of carbonyl (C=O) groups is 2. The molecule has 20 heavy (non-hydrogen) atoms. The molecule has 0 spiro atoms. The summed E-state index contributed by atoms with van der Waals surface area (Å²) in [7, 11) is 0. The minimum atomic E-state index is -0.855. The van der Waals surface area contributed by atoms with Gasteiger partial charge in [-0.1, -0.05) is 12.1 Å². The average Bonchev–Trinajstić information content (AvgIpc) is 2.44. The standard InChI is InChI=1S/C13H16N2O5/c1-3-18-13(17)15-14-12(16)11-8(2)19-9-6-4-5-7-10(9)20-11/h4-8,11H,3H2,1-2H3,(H,14,16)(H,15,17). The van der Waals surface area contributed by atoms with Crippen molar-refractivity contribution in [1.82, 2.24) is 10.9 Å². The minimum absolute atomic E-state index is 0.217. The molecule has 1 heterocycles. The summed E-state index contributed by atoms with van der Waals surface area (Å²) >= 11 is 0. The lowest BCUT2D eigenvalue weighted by atomic mass is 10.1. The molecular formula is C13H16N2O5. The fourth-order valence-electron chi connectivity index (χ4n) is 1.76. The minimum Gasteiger partial charge on any atom is -0.482 e. The van der Waals surface area contributed by atoms with Crippen LogP contribution in [-0.2, 0) is 9.53 Å². The fourth-order valence-corrected chi connectivity index (χ4v) is 1.76. The molecule has 7 heteroatoms. The Labute approximate surface area is 116 Å². The SMILES string of the molecule is CCOC(=O)NNC(=O)C1Oc2ccccc2OC1C. The van der Waals surface area contributed by atoms with E-state index < -0.39 is 24.2 Å². The molecule has 0 saturated carbocycles. The molecule has 1 aromatic carbocycles. The highest BCUT2D eigenvalue weighted by molar-refractivity contribution is 5.84. The van der Waals surface area contributed by atoms with Gasteiger partial charge in [-0.25, -0.2) is 10.2 Å². The monoisotopic (exact) mass is 280 g/mol. The fraction of sp³-hybridized carbons (Fsp3) is 0.385. The molecule has 0 aliphatic carbocycles. The molecule has 2 rings (SSSR count). The van der Waals surface area contributed by atoms with Crippen LogP contribution in [0.5, 0.6) is 11.5 Å². The molecule has 0 bridgehead atoms. The zero-order chi connectivity index (χ0) is 14.5. The Hall–Kier alpha value is -2.44. The number of hydrogen-bond donors (Lipinski definition) is 2. The highest BCUT2D eigenvalue weighted by Crippen LogP contribution is 2.33. The lowest BCUT2D eigenvalue weighted by Gasteiger charge is -2.30. The molecule has 0 saturated heterocycles. The van der Waals surface area contributed by atoms with Crippen molar-refractivity contribution in [3.05, 3.63) is 24.3 Å². The highest BCUT2D eigenvalue weighted by atomic mass is 16.6. The largest absolute Gasteiger partial charge is 0.482 e. The Balaban J connectivity index is 1.96. The summed E-state index contributed by atoms with van der Waals surface area (Å²) in [6.07, 6.45) is -2.06. The van der Waals surface area contributed by atoms with Crippen molar-refractivity contribution in [1.29, 1.82) is 0 Å². The van der Waals surface area contributed by atoms with Crippen LogP contribution in [0.25, 0.3) is 0 Å². The molecule has 1 aromatic rings. The Bertz CT molecular complexity index is 505. The molecule has 2 N–H and O–H groups in total. The second-order valence-electron chi connectivity index (χ2n) is 4.14. The normalized spacial score (nSPS) is 19.9. The van der Waals surface area contributed by atoms with Crippen molar-refractivity contribution in [3.63, 3.8) is 0 Å². The van der Waals surface area contributed by atoms with Gasteiger partial charge in [-0.05, 0) is 26.0 Å². The van der Waals surface area contributed by atoms with Gasteiger partial charge in [0, 0.05) is 0 Å². The first kappa shape index (κ1) is 14.0. The number of carbonyl (C=O) groups excluding carboxylic acids is 2. The Morgan fingerprint density at radius 1 is 1.20 bits per heavy atom. The van der Waals surface area contributed by atoms with Crippen molar-refractivity contribution in [2.75, 3.05) is 6.61 Å². The van der Waals surface area contributed by atoms with Crippen molar-refractivity contribution in [2.45, 2.75) is 26.1 Å². The Morgan fingerprint density at radius 3 is 2.50 bits per heavy atom. The van der Waals surface area contributed by atoms with E-state index in [1.807, 2.05) is 6.07 Å². The van der Waals surface area contributed by atoms with Crippen LogP contribution in [0, 0.1) is 0 Å². The molecule has 2 unspecified atom stereocenters. The highest BCUT2D eigenvalue weighted by Gasteiger charge is 2.34. The number of amides is 2. The van der Waals surface area contributed by atoms with Crippen molar-refractivity contribution in [2.24, 2.45) is 0 Å². The molecule has 2 amide bonds. The van der Waals surface area contributed by atoms with Gasteiger partial charge in [0.05, 0.1) is 6.61 Å².